The summed E-state index contributed by atoms with van der Waals surface area (Å²) < 4.78 is 64.8. The van der Waals surface area contributed by atoms with E-state index >= 15 is 4.39 Å². The normalized spacial score (nSPS) is 20.0. The standard InChI is InChI=1S/C25H24F4N4O3/c1-36-16-9-7-15(8-10-16)17-11-12-18-21(20(17)26)30-23-31-22(35)24(33(18)23,25(27,28)29)32-19(34)13-6-14-4-2-3-5-14/h7-12,14H,2-6,13H2,1H3,(H,32,34)(H,30,31,35). The van der Waals surface area contributed by atoms with E-state index < -0.39 is 35.4 Å². The molecule has 5 rings (SSSR count). The Labute approximate surface area is 203 Å². The molecule has 0 radical (unpaired) electrons. The summed E-state index contributed by atoms with van der Waals surface area (Å²) in [5.74, 6) is -2.90. The Balaban J connectivity index is 1.55. The van der Waals surface area contributed by atoms with E-state index in [-0.39, 0.29) is 28.9 Å². The van der Waals surface area contributed by atoms with Gasteiger partial charge in [0, 0.05) is 12.0 Å². The van der Waals surface area contributed by atoms with Crippen molar-refractivity contribution in [3.63, 3.8) is 0 Å². The van der Waals surface area contributed by atoms with Crippen LogP contribution >= 0.6 is 0 Å². The van der Waals surface area contributed by atoms with Crippen LogP contribution in [0.15, 0.2) is 36.4 Å². The van der Waals surface area contributed by atoms with Gasteiger partial charge in [0.15, 0.2) is 5.82 Å². The van der Waals surface area contributed by atoms with Crippen molar-refractivity contribution in [2.24, 2.45) is 5.92 Å². The number of carbonyl (C=O) groups excluding carboxylic acids is 2. The van der Waals surface area contributed by atoms with Crippen molar-refractivity contribution in [3.8, 4) is 16.9 Å². The number of methoxy groups -OCH3 is 1. The second-order valence-corrected chi connectivity index (χ2v) is 9.19. The lowest BCUT2D eigenvalue weighted by atomic mass is 10.0. The molecule has 2 N–H and O–H groups in total. The molecule has 3 aromatic rings. The molecule has 1 unspecified atom stereocenters. The molecule has 1 atom stereocenters. The Bertz CT molecular complexity index is 1330. The van der Waals surface area contributed by atoms with Crippen LogP contribution in [0.5, 0.6) is 5.75 Å². The van der Waals surface area contributed by atoms with E-state index in [1.54, 1.807) is 24.3 Å². The SMILES string of the molecule is COc1ccc(-c2ccc3c(nc4n3C(NC(=O)CCC3CCCC3)(C(F)(F)F)C(=O)N4)c2F)cc1. The highest BCUT2D eigenvalue weighted by Crippen LogP contribution is 2.45. The third-order valence-corrected chi connectivity index (χ3v) is 7.04. The number of benzene rings is 2. The van der Waals surface area contributed by atoms with Crippen LogP contribution in [0, 0.1) is 11.7 Å². The zero-order valence-electron chi connectivity index (χ0n) is 19.4. The maximum absolute atomic E-state index is 15.5. The van der Waals surface area contributed by atoms with Crippen LogP contribution in [-0.4, -0.2) is 34.7 Å². The summed E-state index contributed by atoms with van der Waals surface area (Å²) in [5, 5.41) is 4.01. The molecule has 36 heavy (non-hydrogen) atoms. The molecule has 7 nitrogen and oxygen atoms in total. The van der Waals surface area contributed by atoms with Gasteiger partial charge in [0.2, 0.25) is 11.9 Å². The smallest absolute Gasteiger partial charge is 0.440 e. The first-order chi connectivity index (χ1) is 17.2. The lowest BCUT2D eigenvalue weighted by molar-refractivity contribution is -0.217. The Morgan fingerprint density at radius 3 is 2.53 bits per heavy atom. The molecule has 0 spiro atoms. The molecular formula is C25H24F4N4O3. The summed E-state index contributed by atoms with van der Waals surface area (Å²) in [6, 6.07) is 9.06. The predicted octanol–water partition coefficient (Wildman–Crippen LogP) is 5.10. The molecule has 1 saturated carbocycles. The fourth-order valence-electron chi connectivity index (χ4n) is 5.16. The van der Waals surface area contributed by atoms with E-state index in [1.807, 2.05) is 5.32 Å². The van der Waals surface area contributed by atoms with Crippen molar-refractivity contribution in [2.75, 3.05) is 12.4 Å². The number of alkyl halides is 3. The van der Waals surface area contributed by atoms with E-state index in [9.17, 15) is 22.8 Å². The minimum Gasteiger partial charge on any atom is -0.497 e. The molecule has 1 aliphatic carbocycles. The van der Waals surface area contributed by atoms with Crippen molar-refractivity contribution < 1.29 is 31.9 Å². The number of imidazole rings is 1. The molecule has 190 valence electrons. The van der Waals surface area contributed by atoms with Crippen molar-refractivity contribution in [3.05, 3.63) is 42.2 Å². The molecule has 2 heterocycles. The average Bonchev–Trinajstić information content (AvgIpc) is 3.55. The molecule has 1 fully saturated rings. The first kappa shape index (κ1) is 24.1. The van der Waals surface area contributed by atoms with Gasteiger partial charge in [0.25, 0.3) is 11.6 Å². The van der Waals surface area contributed by atoms with Crippen LogP contribution in [0.3, 0.4) is 0 Å². The Hall–Kier alpha value is -3.63. The summed E-state index contributed by atoms with van der Waals surface area (Å²) in [6.07, 6.45) is -0.976. The number of halogens is 4. The van der Waals surface area contributed by atoms with Crippen molar-refractivity contribution >= 4 is 28.8 Å². The fourth-order valence-corrected chi connectivity index (χ4v) is 5.16. The number of ether oxygens (including phenoxy) is 1. The molecule has 11 heteroatoms. The minimum atomic E-state index is -5.22. The number of carbonyl (C=O) groups is 2. The van der Waals surface area contributed by atoms with Gasteiger partial charge in [-0.15, -0.1) is 0 Å². The van der Waals surface area contributed by atoms with Crippen LogP contribution in [0.4, 0.5) is 23.5 Å². The zero-order valence-corrected chi connectivity index (χ0v) is 19.4. The van der Waals surface area contributed by atoms with Crippen LogP contribution in [0.2, 0.25) is 0 Å². The maximum Gasteiger partial charge on any atom is 0.440 e. The monoisotopic (exact) mass is 504 g/mol. The molecule has 2 aromatic carbocycles. The maximum atomic E-state index is 15.5. The summed E-state index contributed by atoms with van der Waals surface area (Å²) >= 11 is 0. The molecule has 1 aliphatic heterocycles. The van der Waals surface area contributed by atoms with Gasteiger partial charge in [-0.3, -0.25) is 19.5 Å². The fraction of sp³-hybridized carbons (Fsp3) is 0.400. The highest BCUT2D eigenvalue weighted by atomic mass is 19.4. The molecule has 0 bridgehead atoms. The van der Waals surface area contributed by atoms with E-state index in [1.165, 1.54) is 19.2 Å². The molecule has 2 amide bonds. The third-order valence-electron chi connectivity index (χ3n) is 7.04. The van der Waals surface area contributed by atoms with E-state index in [4.69, 9.17) is 4.74 Å². The largest absolute Gasteiger partial charge is 0.497 e. The molecule has 0 saturated heterocycles. The van der Waals surface area contributed by atoms with Gasteiger partial charge < -0.3 is 10.1 Å². The highest BCUT2D eigenvalue weighted by molar-refractivity contribution is 6.05. The summed E-state index contributed by atoms with van der Waals surface area (Å²) in [4.78, 5) is 29.4. The number of rotatable bonds is 6. The lowest BCUT2D eigenvalue weighted by Crippen LogP contribution is -2.63. The predicted molar refractivity (Wildman–Crippen MR) is 124 cm³/mol. The summed E-state index contributed by atoms with van der Waals surface area (Å²) in [5.41, 5.74) is -3.47. The van der Waals surface area contributed by atoms with Crippen LogP contribution in [0.1, 0.15) is 38.5 Å². The third kappa shape index (κ3) is 3.77. The Kier molecular flexibility index (Phi) is 5.88. The van der Waals surface area contributed by atoms with Gasteiger partial charge in [0.05, 0.1) is 12.6 Å². The van der Waals surface area contributed by atoms with Crippen LogP contribution in [-0.2, 0) is 15.3 Å². The number of nitrogens with zero attached hydrogens (tertiary/aromatic N) is 2. The first-order valence-corrected chi connectivity index (χ1v) is 11.7. The van der Waals surface area contributed by atoms with E-state index in [2.05, 4.69) is 10.3 Å². The number of aromatic nitrogens is 2. The first-order valence-electron chi connectivity index (χ1n) is 11.7. The van der Waals surface area contributed by atoms with Gasteiger partial charge in [-0.2, -0.15) is 13.2 Å². The molecule has 2 aliphatic rings. The number of amides is 2. The van der Waals surface area contributed by atoms with Gasteiger partial charge >= 0.3 is 6.18 Å². The summed E-state index contributed by atoms with van der Waals surface area (Å²) in [7, 11) is 1.49. The van der Waals surface area contributed by atoms with Gasteiger partial charge in [-0.05, 0) is 42.2 Å². The minimum absolute atomic E-state index is 0.117. The Morgan fingerprint density at radius 2 is 1.89 bits per heavy atom. The summed E-state index contributed by atoms with van der Waals surface area (Å²) in [6.45, 7) is 0. The number of hydrogen-bond acceptors (Lipinski definition) is 4. The number of nitrogens with one attached hydrogen (secondary N) is 2. The van der Waals surface area contributed by atoms with Gasteiger partial charge in [-0.1, -0.05) is 37.8 Å². The number of hydrogen-bond donors (Lipinski definition) is 2. The average molecular weight is 504 g/mol. The highest BCUT2D eigenvalue weighted by Gasteiger charge is 2.67. The lowest BCUT2D eigenvalue weighted by Gasteiger charge is -2.32. The topological polar surface area (TPSA) is 85.2 Å². The van der Waals surface area contributed by atoms with Crippen LogP contribution < -0.4 is 15.4 Å². The van der Waals surface area contributed by atoms with E-state index in [0.29, 0.717) is 22.3 Å². The molecule has 1 aromatic heterocycles. The number of anilines is 1. The van der Waals surface area contributed by atoms with Gasteiger partial charge in [-0.25, -0.2) is 9.37 Å². The second kappa shape index (κ2) is 8.79. The number of fused-ring (bicyclic) bond motifs is 3. The van der Waals surface area contributed by atoms with Crippen LogP contribution in [0.25, 0.3) is 22.2 Å². The quantitative estimate of drug-likeness (QED) is 0.457. The second-order valence-electron chi connectivity index (χ2n) is 9.19. The van der Waals surface area contributed by atoms with Gasteiger partial charge in [0.1, 0.15) is 11.3 Å². The van der Waals surface area contributed by atoms with Crippen molar-refractivity contribution in [1.29, 1.82) is 0 Å². The molecular weight excluding hydrogens is 480 g/mol. The van der Waals surface area contributed by atoms with Crippen molar-refractivity contribution in [2.45, 2.75) is 50.4 Å². The van der Waals surface area contributed by atoms with E-state index in [0.717, 1.165) is 25.7 Å². The van der Waals surface area contributed by atoms with Crippen molar-refractivity contribution in [1.82, 2.24) is 14.9 Å². The zero-order chi connectivity index (χ0) is 25.7. The Morgan fingerprint density at radius 1 is 1.19 bits per heavy atom.